The van der Waals surface area contributed by atoms with Gasteiger partial charge in [0.15, 0.2) is 11.3 Å². The van der Waals surface area contributed by atoms with E-state index in [0.717, 1.165) is 10.7 Å². The maximum absolute atomic E-state index is 13.9. The van der Waals surface area contributed by atoms with Crippen molar-refractivity contribution in [1.82, 2.24) is 9.20 Å². The highest BCUT2D eigenvalue weighted by Crippen LogP contribution is 2.22. The van der Waals surface area contributed by atoms with Crippen molar-refractivity contribution in [2.75, 3.05) is 6.61 Å². The fourth-order valence-electron chi connectivity index (χ4n) is 2.57. The van der Waals surface area contributed by atoms with Gasteiger partial charge in [-0.1, -0.05) is 6.07 Å². The number of hydrogen-bond donors (Lipinski definition) is 1. The minimum absolute atomic E-state index is 0.0243. The van der Waals surface area contributed by atoms with E-state index in [2.05, 4.69) is 0 Å². The van der Waals surface area contributed by atoms with Gasteiger partial charge in [0.25, 0.3) is 5.56 Å². The van der Waals surface area contributed by atoms with Crippen molar-refractivity contribution < 1.29 is 23.4 Å². The Bertz CT molecular complexity index is 1020. The molecule has 0 aliphatic rings. The molecule has 0 radical (unpaired) electrons. The number of nitrogens with zero attached hydrogens (tertiary/aromatic N) is 2. The number of benzene rings is 1. The van der Waals surface area contributed by atoms with Crippen LogP contribution in [0, 0.1) is 11.6 Å². The molecule has 0 fully saturated rings. The van der Waals surface area contributed by atoms with Gasteiger partial charge in [-0.25, -0.2) is 18.3 Å². The van der Waals surface area contributed by atoms with Crippen LogP contribution in [0.2, 0.25) is 0 Å². The Morgan fingerprint density at radius 2 is 2.04 bits per heavy atom. The second kappa shape index (κ2) is 6.39. The van der Waals surface area contributed by atoms with Crippen LogP contribution in [0.4, 0.5) is 8.78 Å². The number of fused-ring (bicyclic) bond motifs is 1. The van der Waals surface area contributed by atoms with Crippen molar-refractivity contribution in [3.05, 3.63) is 69.6 Å². The number of halogens is 2. The first-order chi connectivity index (χ1) is 11.9. The average molecular weight is 348 g/mol. The zero-order valence-corrected chi connectivity index (χ0v) is 13.2. The molecule has 6 nitrogen and oxygen atoms in total. The van der Waals surface area contributed by atoms with Crippen molar-refractivity contribution in [3.63, 3.8) is 0 Å². The molecule has 0 atom stereocenters. The number of rotatable bonds is 4. The van der Waals surface area contributed by atoms with Gasteiger partial charge in [-0.05, 0) is 25.1 Å². The van der Waals surface area contributed by atoms with Crippen LogP contribution in [0.1, 0.15) is 22.8 Å². The highest BCUT2D eigenvalue weighted by atomic mass is 19.1. The number of aromatic hydroxyl groups is 1. The molecule has 8 heteroatoms. The summed E-state index contributed by atoms with van der Waals surface area (Å²) in [7, 11) is 0. The lowest BCUT2D eigenvalue weighted by Crippen LogP contribution is -2.32. The van der Waals surface area contributed by atoms with Crippen molar-refractivity contribution in [3.8, 4) is 5.75 Å². The van der Waals surface area contributed by atoms with Gasteiger partial charge in [0.2, 0.25) is 0 Å². The van der Waals surface area contributed by atoms with E-state index in [9.17, 15) is 23.5 Å². The third kappa shape index (κ3) is 2.86. The molecule has 0 aliphatic carbocycles. The van der Waals surface area contributed by atoms with E-state index in [1.165, 1.54) is 22.8 Å². The molecule has 0 saturated carbocycles. The minimum Gasteiger partial charge on any atom is -0.505 e. The summed E-state index contributed by atoms with van der Waals surface area (Å²) in [5, 5.41) is 10.2. The topological polar surface area (TPSA) is 72.9 Å². The molecule has 130 valence electrons. The van der Waals surface area contributed by atoms with Gasteiger partial charge in [-0.2, -0.15) is 0 Å². The Morgan fingerprint density at radius 1 is 1.28 bits per heavy atom. The van der Waals surface area contributed by atoms with Gasteiger partial charge < -0.3 is 9.84 Å². The zero-order chi connectivity index (χ0) is 18.1. The first-order valence-corrected chi connectivity index (χ1v) is 7.48. The lowest BCUT2D eigenvalue weighted by atomic mass is 10.2. The van der Waals surface area contributed by atoms with E-state index >= 15 is 0 Å². The Kier molecular flexibility index (Phi) is 4.26. The van der Waals surface area contributed by atoms with Crippen LogP contribution in [0.5, 0.6) is 5.75 Å². The molecule has 2 aromatic heterocycles. The molecular formula is C17H14F2N2O4. The Hall–Kier alpha value is -3.16. The van der Waals surface area contributed by atoms with Gasteiger partial charge >= 0.3 is 5.97 Å². The fourth-order valence-corrected chi connectivity index (χ4v) is 2.57. The Morgan fingerprint density at radius 3 is 2.72 bits per heavy atom. The van der Waals surface area contributed by atoms with Crippen LogP contribution in [0.3, 0.4) is 0 Å². The Balaban J connectivity index is 2.22. The van der Waals surface area contributed by atoms with Gasteiger partial charge in [0, 0.05) is 17.8 Å². The smallest absolute Gasteiger partial charge is 0.347 e. The minimum atomic E-state index is -0.970. The van der Waals surface area contributed by atoms with Crippen molar-refractivity contribution in [2.24, 2.45) is 0 Å². The molecule has 2 heterocycles. The van der Waals surface area contributed by atoms with Gasteiger partial charge in [-0.15, -0.1) is 0 Å². The third-order valence-corrected chi connectivity index (χ3v) is 3.73. The first-order valence-electron chi connectivity index (χ1n) is 7.48. The summed E-state index contributed by atoms with van der Waals surface area (Å²) in [5.41, 5.74) is -1.14. The van der Waals surface area contributed by atoms with Gasteiger partial charge in [-0.3, -0.25) is 9.31 Å². The number of esters is 1. The molecule has 0 amide bonds. The molecule has 3 aromatic rings. The summed E-state index contributed by atoms with van der Waals surface area (Å²) in [5.74, 6) is -3.04. The van der Waals surface area contributed by atoms with Crippen LogP contribution >= 0.6 is 0 Å². The Labute approximate surface area is 140 Å². The molecule has 0 spiro atoms. The quantitative estimate of drug-likeness (QED) is 0.735. The number of aromatic nitrogens is 2. The van der Waals surface area contributed by atoms with Crippen LogP contribution < -0.4 is 5.56 Å². The maximum atomic E-state index is 13.9. The molecule has 0 aliphatic heterocycles. The molecule has 0 unspecified atom stereocenters. The lowest BCUT2D eigenvalue weighted by molar-refractivity contribution is 0.0519. The SMILES string of the molecule is CCOC(=O)c1c(O)c2cccn2n(Cc2ccc(F)cc2F)c1=O. The summed E-state index contributed by atoms with van der Waals surface area (Å²) in [6, 6.07) is 6.04. The maximum Gasteiger partial charge on any atom is 0.347 e. The second-order valence-corrected chi connectivity index (χ2v) is 5.28. The van der Waals surface area contributed by atoms with Crippen LogP contribution in [0.25, 0.3) is 5.52 Å². The molecule has 25 heavy (non-hydrogen) atoms. The highest BCUT2D eigenvalue weighted by Gasteiger charge is 2.23. The van der Waals surface area contributed by atoms with Crippen LogP contribution in [-0.4, -0.2) is 26.9 Å². The standard InChI is InChI=1S/C17H14F2N2O4/c1-2-25-17(24)14-15(22)13-4-3-7-20(13)21(16(14)23)9-10-5-6-11(18)8-12(10)19/h3-8,22H,2,9H2,1H3. The lowest BCUT2D eigenvalue weighted by Gasteiger charge is -2.14. The number of carbonyl (C=O) groups is 1. The van der Waals surface area contributed by atoms with Crippen molar-refractivity contribution in [1.29, 1.82) is 0 Å². The summed E-state index contributed by atoms with van der Waals surface area (Å²) in [4.78, 5) is 24.7. The van der Waals surface area contributed by atoms with Gasteiger partial charge in [0.1, 0.15) is 17.2 Å². The normalized spacial score (nSPS) is 11.0. The average Bonchev–Trinajstić information content (AvgIpc) is 3.03. The third-order valence-electron chi connectivity index (χ3n) is 3.73. The molecule has 0 bridgehead atoms. The first kappa shape index (κ1) is 16.7. The van der Waals surface area contributed by atoms with Gasteiger partial charge in [0.05, 0.1) is 13.2 Å². The van der Waals surface area contributed by atoms with E-state index in [4.69, 9.17) is 4.74 Å². The van der Waals surface area contributed by atoms with Crippen molar-refractivity contribution >= 4 is 11.5 Å². The fraction of sp³-hybridized carbons (Fsp3) is 0.176. The molecule has 1 aromatic carbocycles. The number of ether oxygens (including phenoxy) is 1. The number of hydrogen-bond acceptors (Lipinski definition) is 4. The summed E-state index contributed by atoms with van der Waals surface area (Å²) in [6.07, 6.45) is 1.48. The van der Waals surface area contributed by atoms with Crippen molar-refractivity contribution in [2.45, 2.75) is 13.5 Å². The molecule has 3 rings (SSSR count). The van der Waals surface area contributed by atoms with E-state index in [1.54, 1.807) is 13.0 Å². The van der Waals surface area contributed by atoms with E-state index in [-0.39, 0.29) is 24.2 Å². The molecule has 1 N–H and O–H groups in total. The zero-order valence-electron chi connectivity index (χ0n) is 13.2. The van der Waals surface area contributed by atoms with Crippen LogP contribution in [0.15, 0.2) is 41.3 Å². The van der Waals surface area contributed by atoms with E-state index in [1.807, 2.05) is 0 Å². The summed E-state index contributed by atoms with van der Waals surface area (Å²) < 4.78 is 34.2. The van der Waals surface area contributed by atoms with E-state index in [0.29, 0.717) is 6.07 Å². The highest BCUT2D eigenvalue weighted by molar-refractivity contribution is 5.94. The summed E-state index contributed by atoms with van der Waals surface area (Å²) >= 11 is 0. The molecular weight excluding hydrogens is 334 g/mol. The summed E-state index contributed by atoms with van der Waals surface area (Å²) in [6.45, 7) is 1.33. The van der Waals surface area contributed by atoms with Crippen LogP contribution in [-0.2, 0) is 11.3 Å². The predicted molar refractivity (Wildman–Crippen MR) is 84.7 cm³/mol. The molecule has 0 saturated heterocycles. The van der Waals surface area contributed by atoms with E-state index < -0.39 is 34.5 Å². The largest absolute Gasteiger partial charge is 0.505 e. The second-order valence-electron chi connectivity index (χ2n) is 5.28. The number of carbonyl (C=O) groups excluding carboxylic acids is 1. The monoisotopic (exact) mass is 348 g/mol. The predicted octanol–water partition coefficient (Wildman–Crippen LogP) is 2.31.